The molecule has 3 aromatic carbocycles. The summed E-state index contributed by atoms with van der Waals surface area (Å²) in [7, 11) is 0. The lowest BCUT2D eigenvalue weighted by atomic mass is 10.2. The van der Waals surface area contributed by atoms with Crippen molar-refractivity contribution in [2.75, 3.05) is 10.6 Å². The largest absolute Gasteiger partial charge is 0.487 e. The molecule has 6 heteroatoms. The van der Waals surface area contributed by atoms with E-state index in [0.29, 0.717) is 13.2 Å². The van der Waals surface area contributed by atoms with E-state index in [1.807, 2.05) is 68.4 Å². The highest BCUT2D eigenvalue weighted by Gasteiger charge is 2.10. The minimum absolute atomic E-state index is 0.0139. The second-order valence-electron chi connectivity index (χ2n) is 7.24. The average Bonchev–Trinajstić information content (AvgIpc) is 2.73. The predicted octanol–water partition coefficient (Wildman–Crippen LogP) is 7.00. The molecule has 3 rings (SSSR count). The number of ether oxygens (including phenoxy) is 1. The fourth-order valence-corrected chi connectivity index (χ4v) is 4.25. The molecule has 0 saturated carbocycles. The summed E-state index contributed by atoms with van der Waals surface area (Å²) in [6.45, 7) is 4.92. The number of anilines is 2. The number of benzene rings is 3. The van der Waals surface area contributed by atoms with Gasteiger partial charge in [0.2, 0.25) is 5.91 Å². The molecule has 0 aliphatic heterocycles. The van der Waals surface area contributed by atoms with Gasteiger partial charge in [0.1, 0.15) is 12.4 Å². The van der Waals surface area contributed by atoms with E-state index in [1.165, 1.54) is 0 Å². The molecule has 0 radical (unpaired) electrons. The van der Waals surface area contributed by atoms with Crippen LogP contribution in [0.5, 0.6) is 5.75 Å². The summed E-state index contributed by atoms with van der Waals surface area (Å²) < 4.78 is 7.78. The molecule has 30 heavy (non-hydrogen) atoms. The van der Waals surface area contributed by atoms with Crippen molar-refractivity contribution < 1.29 is 9.53 Å². The SMILES string of the molecule is CC(C)C(=O)Nc1ccc(NCc2cc(Br)c(OCc3ccccc3)c(Br)c2)cc1. The molecule has 4 nitrogen and oxygen atoms in total. The van der Waals surface area contributed by atoms with E-state index in [4.69, 9.17) is 4.74 Å². The first-order valence-corrected chi connectivity index (χ1v) is 11.3. The average molecular weight is 532 g/mol. The second kappa shape index (κ2) is 10.6. The number of halogens is 2. The van der Waals surface area contributed by atoms with Crippen molar-refractivity contribution in [1.29, 1.82) is 0 Å². The van der Waals surface area contributed by atoms with Gasteiger partial charge in [0.25, 0.3) is 0 Å². The van der Waals surface area contributed by atoms with Crippen LogP contribution in [-0.4, -0.2) is 5.91 Å². The highest BCUT2D eigenvalue weighted by atomic mass is 79.9. The van der Waals surface area contributed by atoms with Crippen molar-refractivity contribution >= 4 is 49.1 Å². The van der Waals surface area contributed by atoms with Gasteiger partial charge in [-0.2, -0.15) is 0 Å². The highest BCUT2D eigenvalue weighted by molar-refractivity contribution is 9.11. The Bertz CT molecular complexity index is 967. The van der Waals surface area contributed by atoms with E-state index in [9.17, 15) is 4.79 Å². The first-order valence-electron chi connectivity index (χ1n) is 9.72. The molecule has 2 N–H and O–H groups in total. The maximum atomic E-state index is 11.8. The van der Waals surface area contributed by atoms with E-state index in [-0.39, 0.29) is 11.8 Å². The summed E-state index contributed by atoms with van der Waals surface area (Å²) in [5, 5.41) is 6.30. The first-order chi connectivity index (χ1) is 14.4. The van der Waals surface area contributed by atoms with Gasteiger partial charge < -0.3 is 15.4 Å². The van der Waals surface area contributed by atoms with Crippen molar-refractivity contribution in [3.8, 4) is 5.75 Å². The Kier molecular flexibility index (Phi) is 7.94. The Morgan fingerprint density at radius 1 is 0.900 bits per heavy atom. The number of rotatable bonds is 8. The van der Waals surface area contributed by atoms with Crippen LogP contribution in [0.1, 0.15) is 25.0 Å². The molecule has 0 fully saturated rings. The van der Waals surface area contributed by atoms with Gasteiger partial charge in [-0.15, -0.1) is 0 Å². The molecule has 0 saturated heterocycles. The Balaban J connectivity index is 1.58. The molecule has 1 amide bonds. The number of amides is 1. The third-order valence-electron chi connectivity index (χ3n) is 4.46. The van der Waals surface area contributed by atoms with Gasteiger partial charge in [-0.05, 0) is 79.4 Å². The van der Waals surface area contributed by atoms with Crippen LogP contribution in [0.4, 0.5) is 11.4 Å². The van der Waals surface area contributed by atoms with Gasteiger partial charge in [0.15, 0.2) is 0 Å². The third-order valence-corrected chi connectivity index (χ3v) is 5.64. The number of hydrogen-bond donors (Lipinski definition) is 2. The zero-order valence-corrected chi connectivity index (χ0v) is 20.1. The lowest BCUT2D eigenvalue weighted by Gasteiger charge is -2.14. The summed E-state index contributed by atoms with van der Waals surface area (Å²) in [5.74, 6) is 0.757. The number of carbonyl (C=O) groups excluding carboxylic acids is 1. The van der Waals surface area contributed by atoms with Crippen molar-refractivity contribution in [2.24, 2.45) is 5.92 Å². The Labute approximate surface area is 194 Å². The quantitative estimate of drug-likeness (QED) is 0.329. The highest BCUT2D eigenvalue weighted by Crippen LogP contribution is 2.35. The first kappa shape index (κ1) is 22.4. The van der Waals surface area contributed by atoms with Crippen LogP contribution in [0.3, 0.4) is 0 Å². The topological polar surface area (TPSA) is 50.4 Å². The van der Waals surface area contributed by atoms with E-state index in [0.717, 1.165) is 37.2 Å². The summed E-state index contributed by atoms with van der Waals surface area (Å²) in [5.41, 5.74) is 4.01. The van der Waals surface area contributed by atoms with Crippen LogP contribution in [-0.2, 0) is 17.9 Å². The zero-order chi connectivity index (χ0) is 21.5. The second-order valence-corrected chi connectivity index (χ2v) is 8.95. The lowest BCUT2D eigenvalue weighted by molar-refractivity contribution is -0.118. The summed E-state index contributed by atoms with van der Waals surface area (Å²) >= 11 is 7.24. The van der Waals surface area contributed by atoms with Gasteiger partial charge in [0, 0.05) is 23.8 Å². The van der Waals surface area contributed by atoms with Crippen LogP contribution in [0.2, 0.25) is 0 Å². The fraction of sp³-hybridized carbons (Fsp3) is 0.208. The molecule has 3 aromatic rings. The molecular weight excluding hydrogens is 508 g/mol. The minimum atomic E-state index is -0.0423. The van der Waals surface area contributed by atoms with E-state index in [1.54, 1.807) is 0 Å². The van der Waals surface area contributed by atoms with Crippen molar-refractivity contribution in [2.45, 2.75) is 27.0 Å². The molecule has 156 valence electrons. The summed E-state index contributed by atoms with van der Waals surface area (Å²) in [6.07, 6.45) is 0. The predicted molar refractivity (Wildman–Crippen MR) is 130 cm³/mol. The van der Waals surface area contributed by atoms with Crippen LogP contribution in [0, 0.1) is 5.92 Å². The number of nitrogens with one attached hydrogen (secondary N) is 2. The van der Waals surface area contributed by atoms with Crippen molar-refractivity contribution in [1.82, 2.24) is 0 Å². The summed E-state index contributed by atoms with van der Waals surface area (Å²) in [4.78, 5) is 11.8. The Morgan fingerprint density at radius 2 is 1.50 bits per heavy atom. The molecular formula is C24H24Br2N2O2. The fourth-order valence-electron chi connectivity index (χ4n) is 2.74. The minimum Gasteiger partial charge on any atom is -0.487 e. The van der Waals surface area contributed by atoms with Crippen molar-refractivity contribution in [3.63, 3.8) is 0 Å². The maximum Gasteiger partial charge on any atom is 0.226 e. The maximum absolute atomic E-state index is 11.8. The van der Waals surface area contributed by atoms with Crippen molar-refractivity contribution in [3.05, 3.63) is 86.8 Å². The van der Waals surface area contributed by atoms with Crippen LogP contribution >= 0.6 is 31.9 Å². The van der Waals surface area contributed by atoms with Crippen LogP contribution < -0.4 is 15.4 Å². The summed E-state index contributed by atoms with van der Waals surface area (Å²) in [6, 6.07) is 21.9. The Hall–Kier alpha value is -2.31. The van der Waals surface area contributed by atoms with Gasteiger partial charge in [-0.3, -0.25) is 4.79 Å². The molecule has 0 atom stereocenters. The normalized spacial score (nSPS) is 10.7. The zero-order valence-electron chi connectivity index (χ0n) is 16.9. The smallest absolute Gasteiger partial charge is 0.226 e. The standard InChI is InChI=1S/C24H24Br2N2O2/c1-16(2)24(29)28-20-10-8-19(9-11-20)27-14-18-12-21(25)23(22(26)13-18)30-15-17-6-4-3-5-7-17/h3-13,16,27H,14-15H2,1-2H3,(H,28,29). The molecule has 0 aliphatic rings. The van der Waals surface area contributed by atoms with Gasteiger partial charge in [0.05, 0.1) is 8.95 Å². The Morgan fingerprint density at radius 3 is 2.10 bits per heavy atom. The molecule has 0 unspecified atom stereocenters. The van der Waals surface area contributed by atoms with E-state index < -0.39 is 0 Å². The molecule has 0 bridgehead atoms. The van der Waals surface area contributed by atoms with Crippen LogP contribution in [0.25, 0.3) is 0 Å². The molecule has 0 aromatic heterocycles. The van der Waals surface area contributed by atoms with Gasteiger partial charge >= 0.3 is 0 Å². The van der Waals surface area contributed by atoms with E-state index in [2.05, 4.69) is 54.6 Å². The number of hydrogen-bond acceptors (Lipinski definition) is 3. The van der Waals surface area contributed by atoms with Crippen LogP contribution in [0.15, 0.2) is 75.7 Å². The van der Waals surface area contributed by atoms with E-state index >= 15 is 0 Å². The monoisotopic (exact) mass is 530 g/mol. The third kappa shape index (κ3) is 6.34. The molecule has 0 heterocycles. The lowest BCUT2D eigenvalue weighted by Crippen LogP contribution is -2.17. The molecule has 0 aliphatic carbocycles. The van der Waals surface area contributed by atoms with Gasteiger partial charge in [-0.1, -0.05) is 44.2 Å². The number of carbonyl (C=O) groups is 1. The molecule has 0 spiro atoms. The van der Waals surface area contributed by atoms with Gasteiger partial charge in [-0.25, -0.2) is 0 Å².